The van der Waals surface area contributed by atoms with Crippen LogP contribution in [0.2, 0.25) is 0 Å². The van der Waals surface area contributed by atoms with E-state index in [1.807, 2.05) is 19.1 Å². The highest BCUT2D eigenvalue weighted by molar-refractivity contribution is 6.01. The third-order valence-electron chi connectivity index (χ3n) is 5.75. The Balaban J connectivity index is 1.73. The smallest absolute Gasteiger partial charge is 0.322 e. The fourth-order valence-corrected chi connectivity index (χ4v) is 3.99. The third kappa shape index (κ3) is 2.95. The van der Waals surface area contributed by atoms with E-state index in [2.05, 4.69) is 36.3 Å². The van der Waals surface area contributed by atoms with E-state index in [4.69, 9.17) is 0 Å². The minimum absolute atomic E-state index is 0.0266. The van der Waals surface area contributed by atoms with Crippen LogP contribution in [0.4, 0.5) is 4.79 Å². The number of aryl methyl sites for hydroxylation is 3. The Bertz CT molecular complexity index is 997. The first-order valence-electron chi connectivity index (χ1n) is 9.40. The molecule has 6 nitrogen and oxygen atoms in total. The van der Waals surface area contributed by atoms with Gasteiger partial charge in [0.25, 0.3) is 5.91 Å². The first kappa shape index (κ1) is 18.2. The van der Waals surface area contributed by atoms with Gasteiger partial charge in [0.05, 0.1) is 23.9 Å². The van der Waals surface area contributed by atoms with Gasteiger partial charge in [-0.25, -0.2) is 4.79 Å². The molecule has 1 N–H and O–H groups in total. The molecule has 0 bridgehead atoms. The van der Waals surface area contributed by atoms with Gasteiger partial charge >= 0.3 is 6.03 Å². The SMILES string of the molecule is Cc1cc(C)c(C2NC(=O)N(C)C3=C2C(=O)N(Cc2ccncc2)C3)cc1C. The number of pyridine rings is 1. The van der Waals surface area contributed by atoms with E-state index in [9.17, 15) is 9.59 Å². The number of likely N-dealkylation sites (N-methyl/N-ethyl adjacent to an activating group) is 1. The number of hydrogen-bond acceptors (Lipinski definition) is 3. The summed E-state index contributed by atoms with van der Waals surface area (Å²) in [6, 6.07) is 7.41. The highest BCUT2D eigenvalue weighted by Crippen LogP contribution is 2.37. The van der Waals surface area contributed by atoms with Crippen molar-refractivity contribution in [2.24, 2.45) is 0 Å². The minimum Gasteiger partial charge on any atom is -0.329 e. The Labute approximate surface area is 164 Å². The number of amides is 3. The van der Waals surface area contributed by atoms with Crippen LogP contribution >= 0.6 is 0 Å². The van der Waals surface area contributed by atoms with E-state index >= 15 is 0 Å². The van der Waals surface area contributed by atoms with Gasteiger partial charge in [-0.15, -0.1) is 0 Å². The Morgan fingerprint density at radius 1 is 1.07 bits per heavy atom. The van der Waals surface area contributed by atoms with Gasteiger partial charge in [-0.3, -0.25) is 14.7 Å². The molecule has 3 amide bonds. The first-order chi connectivity index (χ1) is 13.4. The molecule has 0 spiro atoms. The van der Waals surface area contributed by atoms with Crippen LogP contribution in [-0.2, 0) is 11.3 Å². The monoisotopic (exact) mass is 376 g/mol. The van der Waals surface area contributed by atoms with Crippen molar-refractivity contribution in [3.05, 3.63) is 75.7 Å². The van der Waals surface area contributed by atoms with Crippen LogP contribution in [0, 0.1) is 20.8 Å². The second-order valence-electron chi connectivity index (χ2n) is 7.61. The van der Waals surface area contributed by atoms with E-state index in [-0.39, 0.29) is 11.9 Å². The summed E-state index contributed by atoms with van der Waals surface area (Å²) < 4.78 is 0. The molecule has 1 aromatic heterocycles. The zero-order valence-electron chi connectivity index (χ0n) is 16.6. The van der Waals surface area contributed by atoms with Crippen molar-refractivity contribution in [1.82, 2.24) is 20.1 Å². The number of benzene rings is 1. The van der Waals surface area contributed by atoms with Crippen molar-refractivity contribution in [3.8, 4) is 0 Å². The van der Waals surface area contributed by atoms with Gasteiger partial charge in [0.2, 0.25) is 0 Å². The quantitative estimate of drug-likeness (QED) is 0.896. The van der Waals surface area contributed by atoms with Crippen LogP contribution < -0.4 is 5.32 Å². The standard InChI is InChI=1S/C22H24N4O2/c1-13-9-15(3)17(10-14(13)2)20-19-18(25(4)22(28)24-20)12-26(21(19)27)11-16-5-7-23-8-6-16/h5-10,20H,11-12H2,1-4H3,(H,24,28). The summed E-state index contributed by atoms with van der Waals surface area (Å²) in [5, 5.41) is 3.03. The fourth-order valence-electron chi connectivity index (χ4n) is 3.99. The average molecular weight is 376 g/mol. The molecule has 0 fully saturated rings. The lowest BCUT2D eigenvalue weighted by Crippen LogP contribution is -2.45. The number of urea groups is 1. The summed E-state index contributed by atoms with van der Waals surface area (Å²) in [5.74, 6) is -0.0266. The van der Waals surface area contributed by atoms with Gasteiger partial charge in [-0.05, 0) is 60.7 Å². The largest absolute Gasteiger partial charge is 0.329 e. The maximum absolute atomic E-state index is 13.3. The topological polar surface area (TPSA) is 65.5 Å². The van der Waals surface area contributed by atoms with Crippen molar-refractivity contribution in [3.63, 3.8) is 0 Å². The molecular formula is C22H24N4O2. The molecule has 0 saturated heterocycles. The zero-order chi connectivity index (χ0) is 20.0. The molecule has 3 heterocycles. The summed E-state index contributed by atoms with van der Waals surface area (Å²) in [6.45, 7) is 7.08. The number of nitrogens with one attached hydrogen (secondary N) is 1. The minimum atomic E-state index is -0.423. The second-order valence-corrected chi connectivity index (χ2v) is 7.61. The predicted molar refractivity (Wildman–Crippen MR) is 106 cm³/mol. The van der Waals surface area contributed by atoms with Gasteiger partial charge in [0.1, 0.15) is 0 Å². The number of rotatable bonds is 3. The van der Waals surface area contributed by atoms with Crippen molar-refractivity contribution in [1.29, 1.82) is 0 Å². The lowest BCUT2D eigenvalue weighted by Gasteiger charge is -2.32. The summed E-state index contributed by atoms with van der Waals surface area (Å²) in [7, 11) is 1.72. The molecular weight excluding hydrogens is 352 g/mol. The summed E-state index contributed by atoms with van der Waals surface area (Å²) in [6.07, 6.45) is 3.45. The third-order valence-corrected chi connectivity index (χ3v) is 5.75. The van der Waals surface area contributed by atoms with Gasteiger partial charge < -0.3 is 10.2 Å². The highest BCUT2D eigenvalue weighted by Gasteiger charge is 2.43. The maximum atomic E-state index is 13.3. The molecule has 0 radical (unpaired) electrons. The molecule has 1 atom stereocenters. The fraction of sp³-hybridized carbons (Fsp3) is 0.318. The van der Waals surface area contributed by atoms with E-state index in [0.29, 0.717) is 18.7 Å². The predicted octanol–water partition coefficient (Wildman–Crippen LogP) is 3.00. The molecule has 2 aromatic rings. The van der Waals surface area contributed by atoms with Crippen molar-refractivity contribution < 1.29 is 9.59 Å². The highest BCUT2D eigenvalue weighted by atomic mass is 16.2. The number of carbonyl (C=O) groups is 2. The van der Waals surface area contributed by atoms with Crippen molar-refractivity contribution in [2.45, 2.75) is 33.4 Å². The molecule has 1 unspecified atom stereocenters. The molecule has 2 aliphatic heterocycles. The van der Waals surface area contributed by atoms with Crippen molar-refractivity contribution >= 4 is 11.9 Å². The summed E-state index contributed by atoms with van der Waals surface area (Å²) >= 11 is 0. The number of hydrogen-bond donors (Lipinski definition) is 1. The summed E-state index contributed by atoms with van der Waals surface area (Å²) in [4.78, 5) is 33.3. The average Bonchev–Trinajstić information content (AvgIpc) is 2.99. The molecule has 28 heavy (non-hydrogen) atoms. The van der Waals surface area contributed by atoms with Gasteiger partial charge in [0, 0.05) is 26.0 Å². The molecule has 4 rings (SSSR count). The second kappa shape index (κ2) is 6.78. The molecule has 2 aliphatic rings. The van der Waals surface area contributed by atoms with Gasteiger partial charge in [-0.1, -0.05) is 12.1 Å². The van der Waals surface area contributed by atoms with Crippen LogP contribution in [0.3, 0.4) is 0 Å². The molecule has 0 saturated carbocycles. The number of aromatic nitrogens is 1. The van der Waals surface area contributed by atoms with E-state index in [1.165, 1.54) is 5.56 Å². The van der Waals surface area contributed by atoms with Crippen LogP contribution in [0.15, 0.2) is 47.9 Å². The molecule has 1 aromatic carbocycles. The van der Waals surface area contributed by atoms with Crippen LogP contribution in [0.25, 0.3) is 0 Å². The number of carbonyl (C=O) groups excluding carboxylic acids is 2. The zero-order valence-corrected chi connectivity index (χ0v) is 16.6. The first-order valence-corrected chi connectivity index (χ1v) is 9.40. The summed E-state index contributed by atoms with van der Waals surface area (Å²) in [5.41, 5.74) is 6.88. The van der Waals surface area contributed by atoms with E-state index in [0.717, 1.165) is 28.0 Å². The van der Waals surface area contributed by atoms with Crippen LogP contribution in [0.1, 0.15) is 33.9 Å². The van der Waals surface area contributed by atoms with Crippen LogP contribution in [-0.4, -0.2) is 40.3 Å². The Hall–Kier alpha value is -3.15. The Morgan fingerprint density at radius 3 is 2.46 bits per heavy atom. The van der Waals surface area contributed by atoms with E-state index < -0.39 is 6.04 Å². The lowest BCUT2D eigenvalue weighted by molar-refractivity contribution is -0.126. The van der Waals surface area contributed by atoms with E-state index in [1.54, 1.807) is 29.2 Å². The lowest BCUT2D eigenvalue weighted by atomic mass is 9.90. The van der Waals surface area contributed by atoms with Crippen LogP contribution in [0.5, 0.6) is 0 Å². The molecule has 144 valence electrons. The molecule has 0 aliphatic carbocycles. The van der Waals surface area contributed by atoms with Gasteiger partial charge in [0.15, 0.2) is 0 Å². The normalized spacial score (nSPS) is 19.2. The Kier molecular flexibility index (Phi) is 4.41. The van der Waals surface area contributed by atoms with Crippen molar-refractivity contribution in [2.75, 3.05) is 13.6 Å². The maximum Gasteiger partial charge on any atom is 0.322 e. The number of nitrogens with zero attached hydrogens (tertiary/aromatic N) is 3. The van der Waals surface area contributed by atoms with Gasteiger partial charge in [-0.2, -0.15) is 0 Å². The Morgan fingerprint density at radius 2 is 1.75 bits per heavy atom. The molecule has 6 heteroatoms.